The van der Waals surface area contributed by atoms with Gasteiger partial charge in [-0.3, -0.25) is 14.4 Å². The van der Waals surface area contributed by atoms with Gasteiger partial charge in [0.25, 0.3) is 0 Å². The summed E-state index contributed by atoms with van der Waals surface area (Å²) >= 11 is 0. The normalized spacial score (nSPS) is 22.5. The van der Waals surface area contributed by atoms with E-state index in [2.05, 4.69) is 0 Å². The van der Waals surface area contributed by atoms with Crippen LogP contribution in [0.5, 0.6) is 0 Å². The van der Waals surface area contributed by atoms with Gasteiger partial charge in [0.1, 0.15) is 0 Å². The Labute approximate surface area is 106 Å². The monoisotopic (exact) mass is 260 g/mol. The number of carboxylic acid groups (broad SMARTS) is 3. The molecule has 0 bridgehead atoms. The van der Waals surface area contributed by atoms with E-state index in [-0.39, 0.29) is 0 Å². The zero-order valence-electron chi connectivity index (χ0n) is 10.5. The summed E-state index contributed by atoms with van der Waals surface area (Å²) in [6.07, 6.45) is 3.70. The van der Waals surface area contributed by atoms with Crippen molar-refractivity contribution in [3.05, 3.63) is 0 Å². The Hall–Kier alpha value is -1.59. The largest absolute Gasteiger partial charge is 0.481 e. The maximum Gasteiger partial charge on any atom is 0.307 e. The fourth-order valence-electron chi connectivity index (χ4n) is 1.94. The molecule has 3 N–H and O–H groups in total. The number of aliphatic carboxylic acids is 3. The summed E-state index contributed by atoms with van der Waals surface area (Å²) in [6.45, 7) is 1.84. The van der Waals surface area contributed by atoms with Crippen LogP contribution in [-0.4, -0.2) is 33.2 Å². The van der Waals surface area contributed by atoms with E-state index < -0.39 is 29.7 Å². The average Bonchev–Trinajstić information content (AvgIpc) is 2.29. The Kier molecular flexibility index (Phi) is 7.74. The van der Waals surface area contributed by atoms with Crippen LogP contribution >= 0.6 is 0 Å². The van der Waals surface area contributed by atoms with Crippen molar-refractivity contribution >= 4 is 17.9 Å². The topological polar surface area (TPSA) is 112 Å². The molecule has 0 heterocycles. The van der Waals surface area contributed by atoms with Crippen LogP contribution in [0.15, 0.2) is 0 Å². The first-order valence-electron chi connectivity index (χ1n) is 6.07. The molecule has 0 spiro atoms. The van der Waals surface area contributed by atoms with Gasteiger partial charge in [-0.1, -0.05) is 19.8 Å². The van der Waals surface area contributed by atoms with Crippen LogP contribution in [0.3, 0.4) is 0 Å². The lowest BCUT2D eigenvalue weighted by Gasteiger charge is -2.24. The van der Waals surface area contributed by atoms with E-state index in [9.17, 15) is 14.4 Å². The van der Waals surface area contributed by atoms with E-state index >= 15 is 0 Å². The van der Waals surface area contributed by atoms with Crippen molar-refractivity contribution in [2.75, 3.05) is 0 Å². The Morgan fingerprint density at radius 3 is 1.50 bits per heavy atom. The van der Waals surface area contributed by atoms with Crippen LogP contribution in [0, 0.1) is 11.8 Å². The quantitative estimate of drug-likeness (QED) is 0.711. The van der Waals surface area contributed by atoms with E-state index in [1.807, 2.05) is 6.92 Å². The molecule has 2 unspecified atom stereocenters. The zero-order valence-corrected chi connectivity index (χ0v) is 10.5. The zero-order chi connectivity index (χ0) is 14.1. The third-order valence-corrected chi connectivity index (χ3v) is 2.86. The van der Waals surface area contributed by atoms with Crippen molar-refractivity contribution in [3.8, 4) is 0 Å². The van der Waals surface area contributed by atoms with Gasteiger partial charge in [-0.25, -0.2) is 0 Å². The summed E-state index contributed by atoms with van der Waals surface area (Å²) in [5.74, 6) is -3.99. The first-order chi connectivity index (χ1) is 8.40. The Bertz CT molecular complexity index is 277. The molecule has 0 saturated heterocycles. The van der Waals surface area contributed by atoms with Crippen LogP contribution in [-0.2, 0) is 14.4 Å². The van der Waals surface area contributed by atoms with Crippen molar-refractivity contribution in [1.82, 2.24) is 0 Å². The molecule has 104 valence electrons. The molecule has 1 saturated carbocycles. The lowest BCUT2D eigenvalue weighted by molar-refractivity contribution is -0.155. The van der Waals surface area contributed by atoms with Gasteiger partial charge in [-0.05, 0) is 19.3 Å². The van der Waals surface area contributed by atoms with Gasteiger partial charge >= 0.3 is 17.9 Å². The molecule has 1 fully saturated rings. The maximum atomic E-state index is 10.6. The summed E-state index contributed by atoms with van der Waals surface area (Å²) in [4.78, 5) is 30.8. The van der Waals surface area contributed by atoms with Crippen molar-refractivity contribution < 1.29 is 29.7 Å². The minimum Gasteiger partial charge on any atom is -0.481 e. The van der Waals surface area contributed by atoms with Gasteiger partial charge in [0.2, 0.25) is 0 Å². The minimum absolute atomic E-state index is 0.292. The molecule has 0 aliphatic heterocycles. The Balaban J connectivity index is 0.000000411. The first kappa shape index (κ1) is 16.4. The molecule has 0 aromatic carbocycles. The lowest BCUT2D eigenvalue weighted by Crippen LogP contribution is -2.32. The fourth-order valence-corrected chi connectivity index (χ4v) is 1.94. The van der Waals surface area contributed by atoms with Crippen LogP contribution in [0.2, 0.25) is 0 Å². The van der Waals surface area contributed by atoms with Gasteiger partial charge in [-0.15, -0.1) is 0 Å². The standard InChI is InChI=1S/C8H12O4.C4H8O2/c9-7(10)5-3-1-2-4-6(5)8(11)12;1-2-3-4(5)6/h5-6H,1-4H2,(H,9,10)(H,11,12);2-3H2,1H3,(H,5,6). The number of carboxylic acids is 3. The molecule has 1 aliphatic rings. The predicted octanol–water partition coefficient (Wildman–Crippen LogP) is 1.83. The van der Waals surface area contributed by atoms with Crippen LogP contribution in [0.1, 0.15) is 45.4 Å². The number of rotatable bonds is 4. The molecule has 0 radical (unpaired) electrons. The molecule has 0 amide bonds. The third-order valence-electron chi connectivity index (χ3n) is 2.86. The molecule has 0 aromatic heterocycles. The SMILES string of the molecule is CCCC(=O)O.O=C(O)C1CCCCC1C(=O)O. The summed E-state index contributed by atoms with van der Waals surface area (Å²) in [7, 11) is 0. The molecular formula is C12H20O6. The second-order valence-corrected chi connectivity index (χ2v) is 4.32. The summed E-state index contributed by atoms with van der Waals surface area (Å²) in [6, 6.07) is 0. The van der Waals surface area contributed by atoms with Crippen molar-refractivity contribution in [1.29, 1.82) is 0 Å². The van der Waals surface area contributed by atoms with Crippen molar-refractivity contribution in [2.45, 2.75) is 45.4 Å². The highest BCUT2D eigenvalue weighted by Crippen LogP contribution is 2.30. The molecule has 2 atom stereocenters. The summed E-state index contributed by atoms with van der Waals surface area (Å²) in [5, 5.41) is 25.3. The molecule has 6 nitrogen and oxygen atoms in total. The Morgan fingerprint density at radius 2 is 1.33 bits per heavy atom. The van der Waals surface area contributed by atoms with E-state index in [4.69, 9.17) is 15.3 Å². The highest BCUT2D eigenvalue weighted by molar-refractivity contribution is 5.80. The third kappa shape index (κ3) is 6.22. The van der Waals surface area contributed by atoms with Gasteiger partial charge in [0, 0.05) is 6.42 Å². The van der Waals surface area contributed by atoms with Crippen LogP contribution < -0.4 is 0 Å². The van der Waals surface area contributed by atoms with E-state index in [1.165, 1.54) is 0 Å². The number of carbonyl (C=O) groups is 3. The van der Waals surface area contributed by atoms with E-state index in [1.54, 1.807) is 0 Å². The highest BCUT2D eigenvalue weighted by Gasteiger charge is 2.35. The van der Waals surface area contributed by atoms with Gasteiger partial charge < -0.3 is 15.3 Å². The molecule has 18 heavy (non-hydrogen) atoms. The fraction of sp³-hybridized carbons (Fsp3) is 0.750. The first-order valence-corrected chi connectivity index (χ1v) is 6.07. The van der Waals surface area contributed by atoms with Gasteiger partial charge in [0.15, 0.2) is 0 Å². The van der Waals surface area contributed by atoms with E-state index in [0.717, 1.165) is 19.3 Å². The molecule has 6 heteroatoms. The maximum absolute atomic E-state index is 10.6. The number of hydrogen-bond acceptors (Lipinski definition) is 3. The van der Waals surface area contributed by atoms with Crippen LogP contribution in [0.25, 0.3) is 0 Å². The molecular weight excluding hydrogens is 240 g/mol. The average molecular weight is 260 g/mol. The minimum atomic E-state index is -0.970. The molecule has 0 aromatic rings. The molecule has 1 rings (SSSR count). The molecule has 1 aliphatic carbocycles. The lowest BCUT2D eigenvalue weighted by atomic mass is 9.79. The second-order valence-electron chi connectivity index (χ2n) is 4.32. The van der Waals surface area contributed by atoms with Crippen molar-refractivity contribution in [3.63, 3.8) is 0 Å². The summed E-state index contributed by atoms with van der Waals surface area (Å²) in [5.41, 5.74) is 0. The van der Waals surface area contributed by atoms with Crippen molar-refractivity contribution in [2.24, 2.45) is 11.8 Å². The highest BCUT2D eigenvalue weighted by atomic mass is 16.4. The summed E-state index contributed by atoms with van der Waals surface area (Å²) < 4.78 is 0. The van der Waals surface area contributed by atoms with Crippen LogP contribution in [0.4, 0.5) is 0 Å². The predicted molar refractivity (Wildman–Crippen MR) is 63.3 cm³/mol. The number of hydrogen-bond donors (Lipinski definition) is 3. The second kappa shape index (κ2) is 8.49. The van der Waals surface area contributed by atoms with Gasteiger partial charge in [-0.2, -0.15) is 0 Å². The van der Waals surface area contributed by atoms with Gasteiger partial charge in [0.05, 0.1) is 11.8 Å². The smallest absolute Gasteiger partial charge is 0.307 e. The Morgan fingerprint density at radius 1 is 0.944 bits per heavy atom. The van der Waals surface area contributed by atoms with E-state index in [0.29, 0.717) is 19.3 Å².